The predicted octanol–water partition coefficient (Wildman–Crippen LogP) is 3.29. The van der Waals surface area contributed by atoms with Crippen molar-refractivity contribution in [1.29, 1.82) is 0 Å². The summed E-state index contributed by atoms with van der Waals surface area (Å²) in [4.78, 5) is 3.90. The smallest absolute Gasteiger partial charge is 0.364 e. The predicted molar refractivity (Wildman–Crippen MR) is 111 cm³/mol. The van der Waals surface area contributed by atoms with E-state index in [4.69, 9.17) is 11.6 Å². The lowest BCUT2D eigenvalue weighted by Crippen LogP contribution is -2.32. The molecule has 2 atom stereocenters. The minimum atomic E-state index is -4.75. The highest BCUT2D eigenvalue weighted by Gasteiger charge is 2.42. The van der Waals surface area contributed by atoms with Gasteiger partial charge in [0.15, 0.2) is 10.2 Å². The van der Waals surface area contributed by atoms with E-state index in [2.05, 4.69) is 20.5 Å². The lowest BCUT2D eigenvalue weighted by atomic mass is 9.94. The molecule has 0 radical (unpaired) electrons. The van der Waals surface area contributed by atoms with Crippen molar-refractivity contribution < 1.29 is 26.0 Å². The van der Waals surface area contributed by atoms with Gasteiger partial charge in [-0.2, -0.15) is 17.5 Å². The fraction of sp³-hybridized carbons (Fsp3) is 0.316. The third-order valence-corrected chi connectivity index (χ3v) is 7.25. The van der Waals surface area contributed by atoms with E-state index in [0.717, 1.165) is 0 Å². The van der Waals surface area contributed by atoms with Gasteiger partial charge in [0.25, 0.3) is 10.0 Å². The lowest BCUT2D eigenvalue weighted by molar-refractivity contribution is -0.137. The molecule has 1 N–H and O–H groups in total. The van der Waals surface area contributed by atoms with Crippen LogP contribution in [0.4, 0.5) is 23.4 Å². The van der Waals surface area contributed by atoms with Crippen molar-refractivity contribution in [3.63, 3.8) is 0 Å². The van der Waals surface area contributed by atoms with E-state index in [0.29, 0.717) is 11.6 Å². The second-order valence-electron chi connectivity index (χ2n) is 7.54. The first kappa shape index (κ1) is 23.4. The molecule has 176 valence electrons. The maximum absolute atomic E-state index is 13.4. The van der Waals surface area contributed by atoms with E-state index in [-0.39, 0.29) is 23.9 Å². The highest BCUT2D eigenvalue weighted by Crippen LogP contribution is 2.36. The zero-order chi connectivity index (χ0) is 24.0. The minimum Gasteiger partial charge on any atom is -0.364 e. The minimum absolute atomic E-state index is 0.00461. The third kappa shape index (κ3) is 4.80. The van der Waals surface area contributed by atoms with Crippen molar-refractivity contribution in [2.75, 3.05) is 18.4 Å². The molecule has 1 fully saturated rings. The molecular weight excluding hydrogens is 488 g/mol. The van der Waals surface area contributed by atoms with E-state index in [9.17, 15) is 26.0 Å². The zero-order valence-electron chi connectivity index (χ0n) is 17.0. The molecule has 3 heterocycles. The van der Waals surface area contributed by atoms with Crippen LogP contribution in [-0.2, 0) is 23.2 Å². The molecule has 0 saturated carbocycles. The Kier molecular flexibility index (Phi) is 6.05. The highest BCUT2D eigenvalue weighted by molar-refractivity contribution is 7.89. The molecule has 33 heavy (non-hydrogen) atoms. The number of sulfonamides is 1. The summed E-state index contributed by atoms with van der Waals surface area (Å²) in [6.45, 7) is -0.0953. The number of nitrogens with zero attached hydrogens (tertiary/aromatic N) is 5. The first-order valence-electron chi connectivity index (χ1n) is 9.55. The fourth-order valence-corrected chi connectivity index (χ4v) is 5.31. The number of hydrogen-bond acceptors (Lipinski definition) is 6. The third-order valence-electron chi connectivity index (χ3n) is 5.26. The zero-order valence-corrected chi connectivity index (χ0v) is 18.5. The van der Waals surface area contributed by atoms with Gasteiger partial charge < -0.3 is 9.88 Å². The molecule has 0 bridgehead atoms. The topological polar surface area (TPSA) is 93.0 Å². The Balaban J connectivity index is 1.67. The quantitative estimate of drug-likeness (QED) is 0.536. The molecule has 1 aliphatic heterocycles. The van der Waals surface area contributed by atoms with Crippen LogP contribution in [0, 0.1) is 5.82 Å². The molecular formula is C19H17ClF4N6O2S. The summed E-state index contributed by atoms with van der Waals surface area (Å²) in [6, 6.07) is 5.48. The Bertz CT molecular complexity index is 1270. The molecule has 2 aromatic heterocycles. The molecule has 3 aromatic rings. The van der Waals surface area contributed by atoms with Crippen molar-refractivity contribution >= 4 is 27.4 Å². The number of hydrogen-bond donors (Lipinski definition) is 1. The number of anilines is 1. The number of halogens is 5. The van der Waals surface area contributed by atoms with Gasteiger partial charge in [0.1, 0.15) is 11.6 Å². The van der Waals surface area contributed by atoms with Gasteiger partial charge >= 0.3 is 6.18 Å². The molecule has 14 heteroatoms. The number of rotatable bonds is 5. The molecule has 4 rings (SSSR count). The van der Waals surface area contributed by atoms with Gasteiger partial charge in [-0.05, 0) is 23.8 Å². The summed E-state index contributed by atoms with van der Waals surface area (Å²) in [5, 5.41) is 8.91. The SMILES string of the molecule is Cn1cnc(S(=O)(=O)N2C[C@H](Nc3cc(C(F)(F)F)c(Cl)nn3)[C@@H](c3ccc(F)cc3)C2)c1. The summed E-state index contributed by atoms with van der Waals surface area (Å²) < 4.78 is 81.9. The molecule has 1 aromatic carbocycles. The van der Waals surface area contributed by atoms with E-state index in [1.165, 1.54) is 45.7 Å². The van der Waals surface area contributed by atoms with E-state index in [1.807, 2.05) is 0 Å². The number of aryl methyl sites for hydroxylation is 1. The summed E-state index contributed by atoms with van der Waals surface area (Å²) in [5.41, 5.74) is -0.568. The molecule has 8 nitrogen and oxygen atoms in total. The second kappa shape index (κ2) is 8.54. The molecule has 1 saturated heterocycles. The van der Waals surface area contributed by atoms with Crippen LogP contribution in [0.5, 0.6) is 0 Å². The van der Waals surface area contributed by atoms with Crippen LogP contribution >= 0.6 is 11.6 Å². The van der Waals surface area contributed by atoms with Crippen LogP contribution in [0.15, 0.2) is 47.9 Å². The fourth-order valence-electron chi connectivity index (χ4n) is 3.65. The summed E-state index contributed by atoms with van der Waals surface area (Å²) in [7, 11) is -2.36. The van der Waals surface area contributed by atoms with Crippen molar-refractivity contribution in [3.8, 4) is 0 Å². The Morgan fingerprint density at radius 3 is 2.45 bits per heavy atom. The van der Waals surface area contributed by atoms with E-state index >= 15 is 0 Å². The van der Waals surface area contributed by atoms with Crippen molar-refractivity contribution in [1.82, 2.24) is 24.1 Å². The second-order valence-corrected chi connectivity index (χ2v) is 9.78. The maximum Gasteiger partial charge on any atom is 0.419 e. The van der Waals surface area contributed by atoms with Crippen LogP contribution in [0.25, 0.3) is 0 Å². The van der Waals surface area contributed by atoms with Gasteiger partial charge in [0.05, 0.1) is 11.9 Å². The maximum atomic E-state index is 13.4. The molecule has 0 amide bonds. The number of nitrogens with one attached hydrogen (secondary N) is 1. The van der Waals surface area contributed by atoms with Crippen LogP contribution in [0.3, 0.4) is 0 Å². The Labute approximate surface area is 191 Å². The average Bonchev–Trinajstić information content (AvgIpc) is 3.36. The monoisotopic (exact) mass is 504 g/mol. The van der Waals surface area contributed by atoms with Crippen molar-refractivity contribution in [3.05, 3.63) is 65.0 Å². The van der Waals surface area contributed by atoms with Crippen LogP contribution in [0.1, 0.15) is 17.0 Å². The summed E-state index contributed by atoms with van der Waals surface area (Å²) in [5.74, 6) is -1.21. The average molecular weight is 505 g/mol. The van der Waals surface area contributed by atoms with Crippen molar-refractivity contribution in [2.45, 2.75) is 23.2 Å². The molecule has 0 aliphatic carbocycles. The van der Waals surface area contributed by atoms with Crippen LogP contribution < -0.4 is 5.32 Å². The number of benzene rings is 1. The van der Waals surface area contributed by atoms with E-state index in [1.54, 1.807) is 7.05 Å². The molecule has 0 unspecified atom stereocenters. The Morgan fingerprint density at radius 1 is 1.15 bits per heavy atom. The normalized spacial score (nSPS) is 19.7. The molecule has 0 spiro atoms. The summed E-state index contributed by atoms with van der Waals surface area (Å²) in [6.07, 6.45) is -2.05. The van der Waals surface area contributed by atoms with Crippen LogP contribution in [-0.4, -0.2) is 51.6 Å². The Hall–Kier alpha value is -2.77. The van der Waals surface area contributed by atoms with Gasteiger partial charge in [0, 0.05) is 38.3 Å². The standard InChI is InChI=1S/C19H17ClF4N6O2S/c1-29-9-17(25-10-29)33(31,32)30-7-13(11-2-4-12(21)5-3-11)15(8-30)26-16-6-14(19(22,23)24)18(20)28-27-16/h2-6,9-10,13,15H,7-8H2,1H3,(H,26,27)/t13-,15+/m1/s1. The van der Waals surface area contributed by atoms with Gasteiger partial charge in [0.2, 0.25) is 0 Å². The van der Waals surface area contributed by atoms with Crippen LogP contribution in [0.2, 0.25) is 5.15 Å². The van der Waals surface area contributed by atoms with Crippen molar-refractivity contribution in [2.24, 2.45) is 7.05 Å². The first-order valence-corrected chi connectivity index (χ1v) is 11.4. The van der Waals surface area contributed by atoms with Gasteiger partial charge in [-0.25, -0.2) is 17.8 Å². The Morgan fingerprint density at radius 2 is 1.85 bits per heavy atom. The van der Waals surface area contributed by atoms with E-state index < -0.39 is 44.7 Å². The number of imidazole rings is 1. The molecule has 1 aliphatic rings. The lowest BCUT2D eigenvalue weighted by Gasteiger charge is -2.21. The number of aromatic nitrogens is 4. The van der Waals surface area contributed by atoms with Gasteiger partial charge in [-0.1, -0.05) is 23.7 Å². The first-order chi connectivity index (χ1) is 15.4. The largest absolute Gasteiger partial charge is 0.419 e. The summed E-state index contributed by atoms with van der Waals surface area (Å²) >= 11 is 5.54. The highest BCUT2D eigenvalue weighted by atomic mass is 35.5. The van der Waals surface area contributed by atoms with Gasteiger partial charge in [-0.15, -0.1) is 10.2 Å². The number of alkyl halides is 3. The van der Waals surface area contributed by atoms with Gasteiger partial charge in [-0.3, -0.25) is 0 Å².